The van der Waals surface area contributed by atoms with Gasteiger partial charge in [-0.1, -0.05) is 6.92 Å². The molecule has 1 aliphatic rings. The van der Waals surface area contributed by atoms with Crippen LogP contribution in [0.5, 0.6) is 0 Å². The van der Waals surface area contributed by atoms with Crippen LogP contribution < -0.4 is 5.32 Å². The van der Waals surface area contributed by atoms with Crippen LogP contribution in [0, 0.1) is 10.1 Å². The summed E-state index contributed by atoms with van der Waals surface area (Å²) in [4.78, 5) is 37.0. The van der Waals surface area contributed by atoms with Crippen molar-refractivity contribution in [3.05, 3.63) is 64.0 Å². The number of thiocarbonyl (C=S) groups is 1. The Morgan fingerprint density at radius 3 is 2.54 bits per heavy atom. The summed E-state index contributed by atoms with van der Waals surface area (Å²) in [5.41, 5.74) is 1.22. The molecule has 0 bridgehead atoms. The van der Waals surface area contributed by atoms with Gasteiger partial charge >= 0.3 is 0 Å². The minimum absolute atomic E-state index is 0.0178. The van der Waals surface area contributed by atoms with Gasteiger partial charge in [0.2, 0.25) is 0 Å². The molecule has 144 valence electrons. The fourth-order valence-electron chi connectivity index (χ4n) is 2.88. The molecule has 2 heterocycles. The summed E-state index contributed by atoms with van der Waals surface area (Å²) in [7, 11) is 0. The van der Waals surface area contributed by atoms with Crippen molar-refractivity contribution < 1.29 is 14.5 Å². The van der Waals surface area contributed by atoms with Crippen molar-refractivity contribution in [2.75, 3.05) is 0 Å². The average molecular weight is 398 g/mol. The van der Waals surface area contributed by atoms with E-state index in [9.17, 15) is 19.7 Å². The van der Waals surface area contributed by atoms with Gasteiger partial charge in [-0.25, -0.2) is 0 Å². The standard InChI is InChI=1S/C19H18N4O4S/c1-3-12(2)22-18(25)16(17(24)20-19(22)28)11-15-5-4-10-21(15)13-6-8-14(9-7-13)23(26)27/h4-12H,3H2,1-2H3,(H,20,24,28)/b16-11+. The monoisotopic (exact) mass is 398 g/mol. The van der Waals surface area contributed by atoms with E-state index in [1.807, 2.05) is 13.8 Å². The first-order valence-corrected chi connectivity index (χ1v) is 9.07. The fraction of sp³-hybridized carbons (Fsp3) is 0.211. The molecule has 1 aliphatic heterocycles. The van der Waals surface area contributed by atoms with Crippen LogP contribution in [0.2, 0.25) is 0 Å². The van der Waals surface area contributed by atoms with Crippen LogP contribution in [-0.4, -0.2) is 37.4 Å². The normalized spacial score (nSPS) is 17.0. The molecule has 0 saturated carbocycles. The second-order valence-corrected chi connectivity index (χ2v) is 6.71. The van der Waals surface area contributed by atoms with Crippen LogP contribution in [0.15, 0.2) is 48.2 Å². The SMILES string of the molecule is CCC(C)N1C(=O)/C(=C/c2cccn2-c2ccc([N+](=O)[O-])cc2)C(=O)NC1=S. The summed E-state index contributed by atoms with van der Waals surface area (Å²) >= 11 is 5.15. The third-order valence-electron chi connectivity index (χ3n) is 4.58. The minimum atomic E-state index is -0.550. The summed E-state index contributed by atoms with van der Waals surface area (Å²) in [6, 6.07) is 9.35. The first kappa shape index (κ1) is 19.4. The van der Waals surface area contributed by atoms with Crippen LogP contribution in [0.4, 0.5) is 5.69 Å². The number of amides is 2. The lowest BCUT2D eigenvalue weighted by Crippen LogP contribution is -2.56. The van der Waals surface area contributed by atoms with E-state index < -0.39 is 16.7 Å². The maximum absolute atomic E-state index is 12.9. The Kier molecular flexibility index (Phi) is 5.36. The number of nitrogens with one attached hydrogen (secondary N) is 1. The predicted octanol–water partition coefficient (Wildman–Crippen LogP) is 2.81. The third-order valence-corrected chi connectivity index (χ3v) is 4.87. The van der Waals surface area contributed by atoms with Crippen molar-refractivity contribution >= 4 is 40.9 Å². The Hall–Kier alpha value is -3.33. The molecule has 1 aromatic heterocycles. The number of rotatable bonds is 5. The Morgan fingerprint density at radius 1 is 1.25 bits per heavy atom. The van der Waals surface area contributed by atoms with Crippen molar-refractivity contribution in [3.8, 4) is 5.69 Å². The van der Waals surface area contributed by atoms with E-state index in [2.05, 4.69) is 5.32 Å². The Morgan fingerprint density at radius 2 is 1.93 bits per heavy atom. The largest absolute Gasteiger partial charge is 0.317 e. The van der Waals surface area contributed by atoms with Gasteiger partial charge in [0.1, 0.15) is 5.57 Å². The number of nitrogens with zero attached hydrogens (tertiary/aromatic N) is 3. The molecule has 1 saturated heterocycles. The van der Waals surface area contributed by atoms with Crippen LogP contribution in [0.1, 0.15) is 26.0 Å². The van der Waals surface area contributed by atoms with Gasteiger partial charge in [0, 0.05) is 35.8 Å². The maximum atomic E-state index is 12.9. The molecular formula is C19H18N4O4S. The zero-order valence-corrected chi connectivity index (χ0v) is 16.1. The number of non-ortho nitro benzene ring substituents is 1. The maximum Gasteiger partial charge on any atom is 0.269 e. The molecule has 1 atom stereocenters. The number of nitro benzene ring substituents is 1. The summed E-state index contributed by atoms with van der Waals surface area (Å²) < 4.78 is 1.73. The van der Waals surface area contributed by atoms with Crippen LogP contribution in [-0.2, 0) is 9.59 Å². The van der Waals surface area contributed by atoms with Crippen LogP contribution >= 0.6 is 12.2 Å². The predicted molar refractivity (Wildman–Crippen MR) is 108 cm³/mol. The minimum Gasteiger partial charge on any atom is -0.317 e. The molecule has 2 aromatic rings. The molecule has 1 unspecified atom stereocenters. The molecular weight excluding hydrogens is 380 g/mol. The van der Waals surface area contributed by atoms with Gasteiger partial charge in [0.05, 0.1) is 4.92 Å². The topological polar surface area (TPSA) is 97.5 Å². The molecule has 8 nitrogen and oxygen atoms in total. The smallest absolute Gasteiger partial charge is 0.269 e. The van der Waals surface area contributed by atoms with Crippen molar-refractivity contribution in [3.63, 3.8) is 0 Å². The molecule has 0 aliphatic carbocycles. The van der Waals surface area contributed by atoms with Gasteiger partial charge in [-0.05, 0) is 55.9 Å². The second-order valence-electron chi connectivity index (χ2n) is 6.33. The first-order chi connectivity index (χ1) is 13.3. The number of carbonyl (C=O) groups excluding carboxylic acids is 2. The van der Waals surface area contributed by atoms with Crippen LogP contribution in [0.25, 0.3) is 11.8 Å². The summed E-state index contributed by atoms with van der Waals surface area (Å²) in [5, 5.41) is 13.5. The van der Waals surface area contributed by atoms with Crippen LogP contribution in [0.3, 0.4) is 0 Å². The van der Waals surface area contributed by atoms with E-state index in [0.29, 0.717) is 17.8 Å². The molecule has 2 amide bonds. The van der Waals surface area contributed by atoms with Crippen molar-refractivity contribution in [1.82, 2.24) is 14.8 Å². The summed E-state index contributed by atoms with van der Waals surface area (Å²) in [5.74, 6) is -0.995. The van der Waals surface area contributed by atoms with Gasteiger partial charge in [-0.3, -0.25) is 29.9 Å². The van der Waals surface area contributed by atoms with E-state index in [1.165, 1.54) is 23.1 Å². The van der Waals surface area contributed by atoms with Crippen molar-refractivity contribution in [2.45, 2.75) is 26.3 Å². The Bertz CT molecular complexity index is 994. The molecule has 1 N–H and O–H groups in total. The fourth-order valence-corrected chi connectivity index (χ4v) is 3.24. The number of benzene rings is 1. The van der Waals surface area contributed by atoms with E-state index in [-0.39, 0.29) is 22.4 Å². The molecule has 0 spiro atoms. The molecule has 1 fully saturated rings. The van der Waals surface area contributed by atoms with E-state index in [4.69, 9.17) is 12.2 Å². The molecule has 28 heavy (non-hydrogen) atoms. The molecule has 9 heteroatoms. The highest BCUT2D eigenvalue weighted by atomic mass is 32.1. The van der Waals surface area contributed by atoms with Gasteiger partial charge in [-0.15, -0.1) is 0 Å². The second kappa shape index (κ2) is 7.73. The van der Waals surface area contributed by atoms with Gasteiger partial charge in [0.15, 0.2) is 5.11 Å². The highest BCUT2D eigenvalue weighted by Gasteiger charge is 2.35. The zero-order valence-electron chi connectivity index (χ0n) is 15.3. The van der Waals surface area contributed by atoms with Gasteiger partial charge in [-0.2, -0.15) is 0 Å². The summed E-state index contributed by atoms with van der Waals surface area (Å²) in [6.45, 7) is 3.79. The summed E-state index contributed by atoms with van der Waals surface area (Å²) in [6.07, 6.45) is 3.93. The van der Waals surface area contributed by atoms with E-state index >= 15 is 0 Å². The molecule has 1 aromatic carbocycles. The lowest BCUT2D eigenvalue weighted by Gasteiger charge is -2.33. The molecule has 0 radical (unpaired) electrons. The number of hydrogen-bond acceptors (Lipinski definition) is 5. The number of carbonyl (C=O) groups is 2. The highest BCUT2D eigenvalue weighted by Crippen LogP contribution is 2.22. The number of hydrogen-bond donors (Lipinski definition) is 1. The zero-order chi connectivity index (χ0) is 20.4. The van der Waals surface area contributed by atoms with E-state index in [0.717, 1.165) is 0 Å². The average Bonchev–Trinajstić information content (AvgIpc) is 3.13. The number of aromatic nitrogens is 1. The lowest BCUT2D eigenvalue weighted by atomic mass is 10.1. The molecule has 3 rings (SSSR count). The van der Waals surface area contributed by atoms with Gasteiger partial charge in [0.25, 0.3) is 17.5 Å². The quantitative estimate of drug-likeness (QED) is 0.275. The van der Waals surface area contributed by atoms with E-state index in [1.54, 1.807) is 35.0 Å². The third kappa shape index (κ3) is 3.56. The number of nitro groups is 1. The van der Waals surface area contributed by atoms with Crippen molar-refractivity contribution in [1.29, 1.82) is 0 Å². The Balaban J connectivity index is 1.99. The van der Waals surface area contributed by atoms with Gasteiger partial charge < -0.3 is 4.57 Å². The first-order valence-electron chi connectivity index (χ1n) is 8.66. The Labute approximate surface area is 166 Å². The lowest BCUT2D eigenvalue weighted by molar-refractivity contribution is -0.384. The highest BCUT2D eigenvalue weighted by molar-refractivity contribution is 7.80. The van der Waals surface area contributed by atoms with Crippen molar-refractivity contribution in [2.24, 2.45) is 0 Å².